The Labute approximate surface area is 102 Å². The molecule has 0 fully saturated rings. The van der Waals surface area contributed by atoms with Crippen LogP contribution in [0.25, 0.3) is 0 Å². The molecule has 4 nitrogen and oxygen atoms in total. The molecular weight excluding hydrogens is 216 g/mol. The predicted molar refractivity (Wildman–Crippen MR) is 69.4 cm³/mol. The van der Waals surface area contributed by atoms with E-state index < -0.39 is 5.97 Å². The van der Waals surface area contributed by atoms with Crippen molar-refractivity contribution in [1.82, 2.24) is 5.32 Å². The molecule has 0 spiro atoms. The van der Waals surface area contributed by atoms with Crippen molar-refractivity contribution in [2.75, 3.05) is 25.5 Å². The van der Waals surface area contributed by atoms with Crippen molar-refractivity contribution in [3.05, 3.63) is 29.8 Å². The van der Waals surface area contributed by atoms with Crippen LogP contribution in [0.4, 0.5) is 5.69 Å². The van der Waals surface area contributed by atoms with Gasteiger partial charge in [-0.2, -0.15) is 0 Å². The van der Waals surface area contributed by atoms with E-state index in [1.54, 1.807) is 0 Å². The van der Waals surface area contributed by atoms with Crippen molar-refractivity contribution in [2.45, 2.75) is 19.4 Å². The average Bonchev–Trinajstić information content (AvgIpc) is 2.28. The van der Waals surface area contributed by atoms with Gasteiger partial charge in [0.2, 0.25) is 0 Å². The highest BCUT2D eigenvalue weighted by Crippen LogP contribution is 2.17. The summed E-state index contributed by atoms with van der Waals surface area (Å²) in [6, 6.07) is 8.42. The largest absolute Gasteiger partial charge is 0.481 e. The average molecular weight is 236 g/mol. The van der Waals surface area contributed by atoms with Crippen LogP contribution in [0.1, 0.15) is 24.9 Å². The number of anilines is 1. The monoisotopic (exact) mass is 236 g/mol. The van der Waals surface area contributed by atoms with Crippen LogP contribution in [-0.4, -0.2) is 31.7 Å². The molecular formula is C13H20N2O2. The number of carboxylic acids is 1. The van der Waals surface area contributed by atoms with E-state index in [2.05, 4.69) is 29.6 Å². The number of rotatable bonds is 6. The van der Waals surface area contributed by atoms with Gasteiger partial charge in [0.25, 0.3) is 0 Å². The molecule has 94 valence electrons. The van der Waals surface area contributed by atoms with E-state index in [9.17, 15) is 4.79 Å². The van der Waals surface area contributed by atoms with Crippen molar-refractivity contribution in [1.29, 1.82) is 0 Å². The second-order valence-electron chi connectivity index (χ2n) is 4.31. The topological polar surface area (TPSA) is 52.6 Å². The Morgan fingerprint density at radius 3 is 2.41 bits per heavy atom. The maximum Gasteiger partial charge on any atom is 0.304 e. The molecule has 0 aromatic heterocycles. The summed E-state index contributed by atoms with van der Waals surface area (Å²) in [5, 5.41) is 11.7. The Morgan fingerprint density at radius 1 is 1.35 bits per heavy atom. The number of hydrogen-bond donors (Lipinski definition) is 2. The fraction of sp³-hybridized carbons (Fsp3) is 0.462. The van der Waals surface area contributed by atoms with Gasteiger partial charge in [0.05, 0.1) is 6.42 Å². The summed E-state index contributed by atoms with van der Waals surface area (Å²) >= 11 is 0. The van der Waals surface area contributed by atoms with Crippen molar-refractivity contribution < 1.29 is 9.90 Å². The molecule has 1 unspecified atom stereocenters. The third kappa shape index (κ3) is 4.44. The van der Waals surface area contributed by atoms with Crippen LogP contribution in [0.2, 0.25) is 0 Å². The van der Waals surface area contributed by atoms with E-state index in [1.165, 1.54) is 5.56 Å². The van der Waals surface area contributed by atoms with Gasteiger partial charge >= 0.3 is 5.97 Å². The van der Waals surface area contributed by atoms with E-state index >= 15 is 0 Å². The van der Waals surface area contributed by atoms with E-state index in [1.807, 2.05) is 25.9 Å². The first kappa shape index (κ1) is 13.5. The van der Waals surface area contributed by atoms with Gasteiger partial charge < -0.3 is 15.3 Å². The third-order valence-corrected chi connectivity index (χ3v) is 2.70. The molecule has 4 heteroatoms. The number of nitrogens with one attached hydrogen (secondary N) is 1. The quantitative estimate of drug-likeness (QED) is 0.792. The molecule has 0 aliphatic rings. The Morgan fingerprint density at radius 2 is 1.94 bits per heavy atom. The highest BCUT2D eigenvalue weighted by atomic mass is 16.4. The van der Waals surface area contributed by atoms with Crippen LogP contribution in [0.5, 0.6) is 0 Å². The molecule has 0 aliphatic heterocycles. The van der Waals surface area contributed by atoms with E-state index in [4.69, 9.17) is 5.11 Å². The third-order valence-electron chi connectivity index (χ3n) is 2.70. The summed E-state index contributed by atoms with van der Waals surface area (Å²) in [6.07, 6.45) is 0.153. The minimum Gasteiger partial charge on any atom is -0.481 e. The minimum atomic E-state index is -0.771. The summed E-state index contributed by atoms with van der Waals surface area (Å²) in [5.74, 6) is -0.771. The van der Waals surface area contributed by atoms with Gasteiger partial charge in [0.1, 0.15) is 0 Å². The van der Waals surface area contributed by atoms with Crippen LogP contribution in [0, 0.1) is 0 Å². The summed E-state index contributed by atoms with van der Waals surface area (Å²) in [5.41, 5.74) is 2.33. The Balaban J connectivity index is 2.51. The van der Waals surface area contributed by atoms with Crippen LogP contribution >= 0.6 is 0 Å². The Bertz CT molecular complexity index is 360. The maximum atomic E-state index is 10.4. The highest BCUT2D eigenvalue weighted by Gasteiger charge is 2.05. The number of benzene rings is 1. The standard InChI is InChI=1S/C13H20N2O2/c1-10(14-9-8-13(16)17)11-4-6-12(7-5-11)15(2)3/h4-7,10,14H,8-9H2,1-3H3,(H,16,17). The molecule has 1 aromatic rings. The summed E-state index contributed by atoms with van der Waals surface area (Å²) in [7, 11) is 4.01. The molecule has 0 amide bonds. The molecule has 2 N–H and O–H groups in total. The zero-order valence-electron chi connectivity index (χ0n) is 10.6. The Hall–Kier alpha value is -1.55. The van der Waals surface area contributed by atoms with Gasteiger partial charge in [0.15, 0.2) is 0 Å². The van der Waals surface area contributed by atoms with Gasteiger partial charge in [-0.25, -0.2) is 0 Å². The van der Waals surface area contributed by atoms with Gasteiger partial charge in [-0.05, 0) is 24.6 Å². The molecule has 0 saturated carbocycles. The van der Waals surface area contributed by atoms with Crippen LogP contribution in [0.3, 0.4) is 0 Å². The molecule has 17 heavy (non-hydrogen) atoms. The highest BCUT2D eigenvalue weighted by molar-refractivity contribution is 5.66. The maximum absolute atomic E-state index is 10.4. The number of nitrogens with zero attached hydrogens (tertiary/aromatic N) is 1. The molecule has 0 radical (unpaired) electrons. The molecule has 1 aromatic carbocycles. The molecule has 0 saturated heterocycles. The zero-order valence-corrected chi connectivity index (χ0v) is 10.6. The smallest absolute Gasteiger partial charge is 0.304 e. The van der Waals surface area contributed by atoms with Crippen molar-refractivity contribution in [3.63, 3.8) is 0 Å². The Kier molecular flexibility index (Phi) is 4.97. The van der Waals surface area contributed by atoms with Crippen LogP contribution in [-0.2, 0) is 4.79 Å². The van der Waals surface area contributed by atoms with E-state index in [0.29, 0.717) is 6.54 Å². The lowest BCUT2D eigenvalue weighted by molar-refractivity contribution is -0.136. The minimum absolute atomic E-state index is 0.153. The van der Waals surface area contributed by atoms with Crippen LogP contribution < -0.4 is 10.2 Å². The number of carbonyl (C=O) groups is 1. The molecule has 0 heterocycles. The number of carboxylic acid groups (broad SMARTS) is 1. The molecule has 0 bridgehead atoms. The lowest BCUT2D eigenvalue weighted by atomic mass is 10.1. The SMILES string of the molecule is CC(NCCC(=O)O)c1ccc(N(C)C)cc1. The first-order valence-corrected chi connectivity index (χ1v) is 5.73. The van der Waals surface area contributed by atoms with Gasteiger partial charge in [-0.1, -0.05) is 12.1 Å². The molecule has 1 atom stereocenters. The van der Waals surface area contributed by atoms with Crippen molar-refractivity contribution in [2.24, 2.45) is 0 Å². The zero-order chi connectivity index (χ0) is 12.8. The molecule has 0 aliphatic carbocycles. The summed E-state index contributed by atoms with van der Waals surface area (Å²) in [6.45, 7) is 2.53. The van der Waals surface area contributed by atoms with E-state index in [-0.39, 0.29) is 12.5 Å². The first-order chi connectivity index (χ1) is 8.00. The number of hydrogen-bond acceptors (Lipinski definition) is 3. The fourth-order valence-corrected chi connectivity index (χ4v) is 1.57. The lowest BCUT2D eigenvalue weighted by Crippen LogP contribution is -2.21. The second kappa shape index (κ2) is 6.25. The normalized spacial score (nSPS) is 12.2. The first-order valence-electron chi connectivity index (χ1n) is 5.73. The van der Waals surface area contributed by atoms with E-state index in [0.717, 1.165) is 5.69 Å². The van der Waals surface area contributed by atoms with Crippen LogP contribution in [0.15, 0.2) is 24.3 Å². The van der Waals surface area contributed by atoms with Gasteiger partial charge in [-0.3, -0.25) is 4.79 Å². The molecule has 1 rings (SSSR count). The van der Waals surface area contributed by atoms with Gasteiger partial charge in [-0.15, -0.1) is 0 Å². The fourth-order valence-electron chi connectivity index (χ4n) is 1.57. The van der Waals surface area contributed by atoms with Crippen molar-refractivity contribution >= 4 is 11.7 Å². The lowest BCUT2D eigenvalue weighted by Gasteiger charge is -2.16. The second-order valence-corrected chi connectivity index (χ2v) is 4.31. The van der Waals surface area contributed by atoms with Gasteiger partial charge in [0, 0.05) is 32.4 Å². The summed E-state index contributed by atoms with van der Waals surface area (Å²) in [4.78, 5) is 12.4. The number of aliphatic carboxylic acids is 1. The van der Waals surface area contributed by atoms with Crippen molar-refractivity contribution in [3.8, 4) is 0 Å². The summed E-state index contributed by atoms with van der Waals surface area (Å²) < 4.78 is 0. The predicted octanol–water partition coefficient (Wildman–Crippen LogP) is 1.88.